The van der Waals surface area contributed by atoms with E-state index in [9.17, 15) is 4.79 Å². The molecule has 3 atom stereocenters. The summed E-state index contributed by atoms with van der Waals surface area (Å²) in [6.07, 6.45) is 2.19. The zero-order chi connectivity index (χ0) is 19.1. The summed E-state index contributed by atoms with van der Waals surface area (Å²) in [5, 5.41) is 22.8. The topological polar surface area (TPSA) is 111 Å². The number of ether oxygens (including phenoxy) is 1. The van der Waals surface area contributed by atoms with Crippen molar-refractivity contribution < 1.29 is 9.53 Å². The molecule has 3 unspecified atom stereocenters. The number of rotatable bonds is 7. The first-order chi connectivity index (χ1) is 13.1. The molecule has 2 amide bonds. The summed E-state index contributed by atoms with van der Waals surface area (Å²) in [6, 6.07) is 7.28. The van der Waals surface area contributed by atoms with Crippen LogP contribution < -0.4 is 42.0 Å². The second kappa shape index (κ2) is 9.86. The highest BCUT2D eigenvalue weighted by molar-refractivity contribution is 5.89. The fraction of sp³-hybridized carbons (Fsp3) is 0.611. The number of hydrogen-bond donors (Lipinski definition) is 7. The maximum absolute atomic E-state index is 12.3. The van der Waals surface area contributed by atoms with Crippen LogP contribution in [-0.4, -0.2) is 57.4 Å². The van der Waals surface area contributed by atoms with E-state index < -0.39 is 0 Å². The van der Waals surface area contributed by atoms with Gasteiger partial charge in [-0.05, 0) is 38.4 Å². The van der Waals surface area contributed by atoms with Crippen LogP contribution in [-0.2, 0) is 0 Å². The van der Waals surface area contributed by atoms with Crippen LogP contribution in [0.25, 0.3) is 0 Å². The van der Waals surface area contributed by atoms with E-state index in [1.54, 1.807) is 13.2 Å². The molecule has 0 saturated carbocycles. The molecule has 0 radical (unpaired) electrons. The van der Waals surface area contributed by atoms with E-state index in [1.807, 2.05) is 18.2 Å². The van der Waals surface area contributed by atoms with E-state index in [4.69, 9.17) is 4.74 Å². The summed E-state index contributed by atoms with van der Waals surface area (Å²) in [7, 11) is 1.60. The minimum atomic E-state index is -0.306. The molecule has 0 spiro atoms. The van der Waals surface area contributed by atoms with Crippen molar-refractivity contribution in [3.05, 3.63) is 24.3 Å². The summed E-state index contributed by atoms with van der Waals surface area (Å²) in [6.45, 7) is 5.07. The van der Waals surface area contributed by atoms with Crippen molar-refractivity contribution in [2.75, 3.05) is 32.1 Å². The molecule has 3 rings (SSSR count). The number of amides is 2. The van der Waals surface area contributed by atoms with Crippen molar-refractivity contribution in [1.29, 1.82) is 0 Å². The first kappa shape index (κ1) is 19.8. The van der Waals surface area contributed by atoms with Crippen molar-refractivity contribution in [2.24, 2.45) is 0 Å². The lowest BCUT2D eigenvalue weighted by Crippen LogP contribution is -2.67. The number of carbonyl (C=O) groups excluding carboxylic acids is 1. The lowest BCUT2D eigenvalue weighted by molar-refractivity contribution is 0.192. The Bertz CT molecular complexity index is 609. The van der Waals surface area contributed by atoms with Crippen LogP contribution in [0.15, 0.2) is 24.3 Å². The molecule has 1 aromatic rings. The van der Waals surface area contributed by atoms with Crippen LogP contribution in [0.4, 0.5) is 10.5 Å². The van der Waals surface area contributed by atoms with Crippen LogP contribution >= 0.6 is 0 Å². The van der Waals surface area contributed by atoms with Gasteiger partial charge in [0.2, 0.25) is 0 Å². The molecule has 2 aliphatic heterocycles. The zero-order valence-corrected chi connectivity index (χ0v) is 16.0. The molecule has 2 fully saturated rings. The van der Waals surface area contributed by atoms with Crippen molar-refractivity contribution >= 4 is 11.7 Å². The normalized spacial score (nSPS) is 25.9. The molecule has 2 saturated heterocycles. The van der Waals surface area contributed by atoms with Gasteiger partial charge >= 0.3 is 6.03 Å². The van der Waals surface area contributed by atoms with E-state index in [0.29, 0.717) is 17.6 Å². The minimum absolute atomic E-state index is 0.143. The molecule has 2 aliphatic rings. The quantitative estimate of drug-likeness (QED) is 0.355. The van der Waals surface area contributed by atoms with Crippen molar-refractivity contribution in [2.45, 2.75) is 44.4 Å². The Labute approximate surface area is 160 Å². The lowest BCUT2D eigenvalue weighted by atomic mass is 10.1. The summed E-state index contributed by atoms with van der Waals surface area (Å²) < 4.78 is 5.18. The molecule has 9 nitrogen and oxygen atoms in total. The smallest absolute Gasteiger partial charge is 0.321 e. The molecular weight excluding hydrogens is 346 g/mol. The third-order valence-corrected chi connectivity index (χ3v) is 4.74. The number of benzene rings is 1. The molecule has 0 bridgehead atoms. The van der Waals surface area contributed by atoms with Crippen molar-refractivity contribution in [3.8, 4) is 5.75 Å². The van der Waals surface area contributed by atoms with Gasteiger partial charge in [0.15, 0.2) is 0 Å². The number of urea groups is 1. The van der Waals surface area contributed by atoms with Crippen molar-refractivity contribution in [3.63, 3.8) is 0 Å². The van der Waals surface area contributed by atoms with Crippen LogP contribution in [0.5, 0.6) is 5.75 Å². The molecule has 9 heteroatoms. The Morgan fingerprint density at radius 1 is 1.26 bits per heavy atom. The highest BCUT2D eigenvalue weighted by Gasteiger charge is 2.26. The summed E-state index contributed by atoms with van der Waals surface area (Å²) in [5.41, 5.74) is 0.682. The van der Waals surface area contributed by atoms with Gasteiger partial charge in [0.05, 0.1) is 19.4 Å². The van der Waals surface area contributed by atoms with E-state index in [-0.39, 0.29) is 24.5 Å². The standard InChI is InChI=1S/C18H31N7O2/c1-12-10-16(19-7-6-15-20-8-9-21-15)24-17(22-12)25-18(26)23-13-4-3-5-14(11-13)27-2/h3-5,11-12,15-17,19-22,24H,6-10H2,1-2H3,(H2,23,25,26). The predicted octanol–water partition coefficient (Wildman–Crippen LogP) is -0.104. The Morgan fingerprint density at radius 2 is 2.07 bits per heavy atom. The Hall–Kier alpha value is -1.91. The minimum Gasteiger partial charge on any atom is -0.497 e. The van der Waals surface area contributed by atoms with Crippen LogP contribution in [0.1, 0.15) is 19.8 Å². The number of methoxy groups -OCH3 is 1. The van der Waals surface area contributed by atoms with Gasteiger partial charge in [0.25, 0.3) is 0 Å². The molecule has 150 valence electrons. The third-order valence-electron chi connectivity index (χ3n) is 4.74. The molecule has 0 aliphatic carbocycles. The van der Waals surface area contributed by atoms with E-state index in [0.717, 1.165) is 32.5 Å². The fourth-order valence-corrected chi connectivity index (χ4v) is 3.42. The molecular formula is C18H31N7O2. The Balaban J connectivity index is 1.43. The SMILES string of the molecule is COc1cccc(NC(=O)NC2NC(C)CC(NCCC3NCCN3)N2)c1. The molecule has 27 heavy (non-hydrogen) atoms. The summed E-state index contributed by atoms with van der Waals surface area (Å²) in [5.74, 6) is 0.700. The van der Waals surface area contributed by atoms with E-state index >= 15 is 0 Å². The fourth-order valence-electron chi connectivity index (χ4n) is 3.42. The maximum atomic E-state index is 12.3. The second-order valence-corrected chi connectivity index (χ2v) is 6.99. The molecule has 0 aromatic heterocycles. The van der Waals surface area contributed by atoms with Gasteiger partial charge in [0.1, 0.15) is 12.0 Å². The third kappa shape index (κ3) is 6.33. The van der Waals surface area contributed by atoms with E-state index in [1.165, 1.54) is 0 Å². The number of nitrogens with one attached hydrogen (secondary N) is 7. The maximum Gasteiger partial charge on any atom is 0.321 e. The first-order valence-corrected chi connectivity index (χ1v) is 9.56. The van der Waals surface area contributed by atoms with Gasteiger partial charge < -0.3 is 31.3 Å². The lowest BCUT2D eigenvalue weighted by Gasteiger charge is -2.37. The Morgan fingerprint density at radius 3 is 2.85 bits per heavy atom. The number of anilines is 1. The van der Waals surface area contributed by atoms with Gasteiger partial charge in [0, 0.05) is 30.9 Å². The largest absolute Gasteiger partial charge is 0.497 e. The Kier molecular flexibility index (Phi) is 7.25. The molecule has 7 N–H and O–H groups in total. The first-order valence-electron chi connectivity index (χ1n) is 9.56. The molecule has 2 heterocycles. The summed E-state index contributed by atoms with van der Waals surface area (Å²) >= 11 is 0. The highest BCUT2D eigenvalue weighted by Crippen LogP contribution is 2.16. The van der Waals surface area contributed by atoms with Gasteiger partial charge in [-0.15, -0.1) is 0 Å². The van der Waals surface area contributed by atoms with Gasteiger partial charge in [-0.25, -0.2) is 4.79 Å². The second-order valence-electron chi connectivity index (χ2n) is 6.99. The van der Waals surface area contributed by atoms with Crippen LogP contribution in [0.3, 0.4) is 0 Å². The number of hydrogen-bond acceptors (Lipinski definition) is 7. The molecule has 1 aromatic carbocycles. The van der Waals surface area contributed by atoms with Gasteiger partial charge in [-0.3, -0.25) is 10.6 Å². The monoisotopic (exact) mass is 377 g/mol. The van der Waals surface area contributed by atoms with Gasteiger partial charge in [-0.2, -0.15) is 0 Å². The average Bonchev–Trinajstić information content (AvgIpc) is 3.14. The van der Waals surface area contributed by atoms with Gasteiger partial charge in [-0.1, -0.05) is 6.07 Å². The highest BCUT2D eigenvalue weighted by atomic mass is 16.5. The number of carbonyl (C=O) groups is 1. The van der Waals surface area contributed by atoms with E-state index in [2.05, 4.69) is 44.1 Å². The zero-order valence-electron chi connectivity index (χ0n) is 16.0. The van der Waals surface area contributed by atoms with Crippen molar-refractivity contribution in [1.82, 2.24) is 31.9 Å². The average molecular weight is 377 g/mol. The predicted molar refractivity (Wildman–Crippen MR) is 105 cm³/mol. The summed E-state index contributed by atoms with van der Waals surface area (Å²) in [4.78, 5) is 12.3. The van der Waals surface area contributed by atoms with Crippen LogP contribution in [0.2, 0.25) is 0 Å². The van der Waals surface area contributed by atoms with Crippen LogP contribution in [0, 0.1) is 0 Å².